The minimum Gasteiger partial charge on any atom is -0.497 e. The summed E-state index contributed by atoms with van der Waals surface area (Å²) in [4.78, 5) is 13.8. The largest absolute Gasteiger partial charge is 0.497 e. The Morgan fingerprint density at radius 2 is 1.97 bits per heavy atom. The minimum atomic E-state index is 0. The number of hydrogen-bond acceptors (Lipinski definition) is 4. The molecule has 4 rings (SSSR count). The molecule has 0 spiro atoms. The van der Waals surface area contributed by atoms with Gasteiger partial charge in [0.05, 0.1) is 12.8 Å². The third-order valence-electron chi connectivity index (χ3n) is 5.29. The molecule has 30 heavy (non-hydrogen) atoms. The van der Waals surface area contributed by atoms with Crippen molar-refractivity contribution in [2.75, 3.05) is 51.8 Å². The second-order valence-corrected chi connectivity index (χ2v) is 7.10. The van der Waals surface area contributed by atoms with Crippen LogP contribution in [0.3, 0.4) is 0 Å². The summed E-state index contributed by atoms with van der Waals surface area (Å²) in [6.45, 7) is 4.60. The van der Waals surface area contributed by atoms with Crippen LogP contribution in [0.25, 0.3) is 5.65 Å². The Morgan fingerprint density at radius 1 is 1.13 bits per heavy atom. The number of piperazine rings is 1. The van der Waals surface area contributed by atoms with Gasteiger partial charge in [-0.1, -0.05) is 12.1 Å². The summed E-state index contributed by atoms with van der Waals surface area (Å²) in [6, 6.07) is 14.3. The topological polar surface area (TPSA) is 57.4 Å². The van der Waals surface area contributed by atoms with Gasteiger partial charge in [0.25, 0.3) is 0 Å². The number of nitrogens with one attached hydrogen (secondary N) is 1. The summed E-state index contributed by atoms with van der Waals surface area (Å²) in [5.74, 6) is 1.86. The summed E-state index contributed by atoms with van der Waals surface area (Å²) >= 11 is 0. The molecule has 160 valence electrons. The molecule has 7 nitrogen and oxygen atoms in total. The first-order valence-corrected chi connectivity index (χ1v) is 10.0. The Labute approximate surface area is 194 Å². The van der Waals surface area contributed by atoms with Crippen molar-refractivity contribution in [2.45, 2.75) is 6.42 Å². The summed E-state index contributed by atoms with van der Waals surface area (Å²) < 4.78 is 7.41. The molecule has 0 unspecified atom stereocenters. The average Bonchev–Trinajstić information content (AvgIpc) is 3.20. The van der Waals surface area contributed by atoms with Crippen LogP contribution in [0, 0.1) is 0 Å². The normalized spacial score (nSPS) is 14.5. The van der Waals surface area contributed by atoms with Crippen LogP contribution in [0.2, 0.25) is 0 Å². The number of aliphatic imine (C=N–C) groups is 1. The van der Waals surface area contributed by atoms with Crippen LogP contribution in [0.5, 0.6) is 5.75 Å². The lowest BCUT2D eigenvalue weighted by Crippen LogP contribution is -2.52. The molecule has 2 aromatic heterocycles. The third-order valence-corrected chi connectivity index (χ3v) is 5.29. The lowest BCUT2D eigenvalue weighted by Gasteiger charge is -2.37. The van der Waals surface area contributed by atoms with E-state index in [0.717, 1.165) is 62.2 Å². The van der Waals surface area contributed by atoms with Gasteiger partial charge in [0.1, 0.15) is 11.4 Å². The standard InChI is InChI=1S/C22H28N6O.HI/c1-23-22(24-10-9-18-17-28-11-4-3-8-21(28)25-18)27-14-12-26(13-15-27)19-6-5-7-20(16-19)29-2;/h3-8,11,16-17H,9-10,12-15H2,1-2H3,(H,23,24);1H. The SMILES string of the molecule is CN=C(NCCc1cn2ccccc2n1)N1CCN(c2cccc(OC)c2)CC1.I. The number of ether oxygens (including phenoxy) is 1. The van der Waals surface area contributed by atoms with E-state index < -0.39 is 0 Å². The van der Waals surface area contributed by atoms with E-state index in [1.165, 1.54) is 5.69 Å². The molecule has 1 aliphatic heterocycles. The van der Waals surface area contributed by atoms with E-state index in [0.29, 0.717) is 0 Å². The van der Waals surface area contributed by atoms with E-state index in [1.54, 1.807) is 7.11 Å². The van der Waals surface area contributed by atoms with Gasteiger partial charge in [0.15, 0.2) is 5.96 Å². The molecule has 1 aromatic carbocycles. The number of methoxy groups -OCH3 is 1. The van der Waals surface area contributed by atoms with E-state index in [9.17, 15) is 0 Å². The second kappa shape index (κ2) is 10.5. The highest BCUT2D eigenvalue weighted by Gasteiger charge is 2.20. The van der Waals surface area contributed by atoms with Crippen molar-refractivity contribution in [3.63, 3.8) is 0 Å². The number of pyridine rings is 1. The van der Waals surface area contributed by atoms with Gasteiger partial charge in [-0.2, -0.15) is 0 Å². The molecule has 0 aliphatic carbocycles. The number of rotatable bonds is 5. The maximum Gasteiger partial charge on any atom is 0.193 e. The Kier molecular flexibility index (Phi) is 7.78. The van der Waals surface area contributed by atoms with Crippen molar-refractivity contribution in [2.24, 2.45) is 4.99 Å². The van der Waals surface area contributed by atoms with Crippen LogP contribution in [-0.4, -0.2) is 67.1 Å². The highest BCUT2D eigenvalue weighted by Crippen LogP contribution is 2.22. The third kappa shape index (κ3) is 5.16. The fourth-order valence-corrected chi connectivity index (χ4v) is 3.73. The number of nitrogens with zero attached hydrogens (tertiary/aromatic N) is 5. The van der Waals surface area contributed by atoms with Crippen LogP contribution >= 0.6 is 24.0 Å². The van der Waals surface area contributed by atoms with Gasteiger partial charge < -0.3 is 24.3 Å². The smallest absolute Gasteiger partial charge is 0.193 e. The Hall–Kier alpha value is -2.49. The summed E-state index contributed by atoms with van der Waals surface area (Å²) in [7, 11) is 3.56. The van der Waals surface area contributed by atoms with E-state index in [2.05, 4.69) is 47.8 Å². The van der Waals surface area contributed by atoms with Gasteiger partial charge >= 0.3 is 0 Å². The number of halogens is 1. The second-order valence-electron chi connectivity index (χ2n) is 7.10. The highest BCUT2D eigenvalue weighted by molar-refractivity contribution is 14.0. The molecule has 0 radical (unpaired) electrons. The first kappa shape index (κ1) is 22.2. The number of aromatic nitrogens is 2. The van der Waals surface area contributed by atoms with Crippen molar-refractivity contribution in [1.82, 2.24) is 19.6 Å². The van der Waals surface area contributed by atoms with Crippen LogP contribution < -0.4 is 15.0 Å². The summed E-state index contributed by atoms with van der Waals surface area (Å²) in [5.41, 5.74) is 3.28. The lowest BCUT2D eigenvalue weighted by atomic mass is 10.2. The van der Waals surface area contributed by atoms with Crippen LogP contribution in [0.4, 0.5) is 5.69 Å². The molecule has 1 fully saturated rings. The molecule has 3 heterocycles. The summed E-state index contributed by atoms with van der Waals surface area (Å²) in [5, 5.41) is 3.49. The van der Waals surface area contributed by atoms with Crippen LogP contribution in [0.15, 0.2) is 59.9 Å². The zero-order valence-corrected chi connectivity index (χ0v) is 19.8. The first-order chi connectivity index (χ1) is 14.3. The fraction of sp³-hybridized carbons (Fsp3) is 0.364. The summed E-state index contributed by atoms with van der Waals surface area (Å²) in [6.07, 6.45) is 4.98. The van der Waals surface area contributed by atoms with Crippen molar-refractivity contribution in [1.29, 1.82) is 0 Å². The van der Waals surface area contributed by atoms with Gasteiger partial charge in [-0.3, -0.25) is 4.99 Å². The number of imidazole rings is 1. The molecule has 1 N–H and O–H groups in total. The van der Waals surface area contributed by atoms with Gasteiger partial charge in [0, 0.05) is 70.3 Å². The highest BCUT2D eigenvalue weighted by atomic mass is 127. The molecule has 0 bridgehead atoms. The van der Waals surface area contributed by atoms with Gasteiger partial charge in [-0.15, -0.1) is 24.0 Å². The van der Waals surface area contributed by atoms with E-state index >= 15 is 0 Å². The van der Waals surface area contributed by atoms with Crippen molar-refractivity contribution in [3.05, 3.63) is 60.6 Å². The van der Waals surface area contributed by atoms with Gasteiger partial charge in [-0.05, 0) is 24.3 Å². The number of anilines is 1. The van der Waals surface area contributed by atoms with Gasteiger partial charge in [-0.25, -0.2) is 4.98 Å². The zero-order chi connectivity index (χ0) is 20.1. The maximum atomic E-state index is 5.35. The average molecular weight is 520 g/mol. The van der Waals surface area contributed by atoms with Crippen molar-refractivity contribution >= 4 is 41.3 Å². The maximum absolute atomic E-state index is 5.35. The fourth-order valence-electron chi connectivity index (χ4n) is 3.73. The Bertz CT molecular complexity index is 947. The molecule has 0 atom stereocenters. The number of fused-ring (bicyclic) bond motifs is 1. The predicted octanol–water partition coefficient (Wildman–Crippen LogP) is 2.90. The van der Waals surface area contributed by atoms with E-state index in [4.69, 9.17) is 4.74 Å². The number of benzene rings is 1. The quantitative estimate of drug-likeness (QED) is 0.319. The Morgan fingerprint density at radius 3 is 2.70 bits per heavy atom. The first-order valence-electron chi connectivity index (χ1n) is 10.0. The molecule has 3 aromatic rings. The van der Waals surface area contributed by atoms with Crippen LogP contribution in [-0.2, 0) is 6.42 Å². The van der Waals surface area contributed by atoms with Crippen molar-refractivity contribution in [3.8, 4) is 5.75 Å². The van der Waals surface area contributed by atoms with Gasteiger partial charge in [0.2, 0.25) is 0 Å². The van der Waals surface area contributed by atoms with Crippen molar-refractivity contribution < 1.29 is 4.74 Å². The van der Waals surface area contributed by atoms with E-state index in [-0.39, 0.29) is 24.0 Å². The lowest BCUT2D eigenvalue weighted by molar-refractivity contribution is 0.372. The number of hydrogen-bond donors (Lipinski definition) is 1. The zero-order valence-electron chi connectivity index (χ0n) is 17.5. The predicted molar refractivity (Wildman–Crippen MR) is 132 cm³/mol. The van der Waals surface area contributed by atoms with E-state index in [1.807, 2.05) is 43.6 Å². The molecule has 1 saturated heterocycles. The number of guanidine groups is 1. The van der Waals surface area contributed by atoms with Crippen LogP contribution in [0.1, 0.15) is 5.69 Å². The molecular weight excluding hydrogens is 491 g/mol. The molecular formula is C22H29IN6O. The Balaban J connectivity index is 0.00000256. The monoisotopic (exact) mass is 520 g/mol. The molecule has 1 aliphatic rings. The molecule has 0 amide bonds. The molecule has 0 saturated carbocycles. The minimum absolute atomic E-state index is 0. The molecule has 8 heteroatoms.